The van der Waals surface area contributed by atoms with Crippen LogP contribution in [-0.4, -0.2) is 45.1 Å². The van der Waals surface area contributed by atoms with Crippen LogP contribution in [0.2, 0.25) is 0 Å². The molecule has 0 spiro atoms. The number of ether oxygens (including phenoxy) is 3. The van der Waals surface area contributed by atoms with E-state index in [9.17, 15) is 22.8 Å². The molecule has 0 bridgehead atoms. The highest BCUT2D eigenvalue weighted by atomic mass is 19.4. The van der Waals surface area contributed by atoms with Gasteiger partial charge >= 0.3 is 6.18 Å². The summed E-state index contributed by atoms with van der Waals surface area (Å²) in [5.74, 6) is -0.717. The first-order valence-electron chi connectivity index (χ1n) is 11.2. The molecule has 0 radical (unpaired) electrons. The van der Waals surface area contributed by atoms with Gasteiger partial charge in [-0.1, -0.05) is 18.2 Å². The second-order valence-electron chi connectivity index (χ2n) is 8.47. The third-order valence-corrected chi connectivity index (χ3v) is 6.37. The SMILES string of the molecule is COc1ccc([C@H]2[C@@H](C(=O)Nc3cccc(C(F)(F)F)c3)c3cc(OC)c(OC)cc3C(=O)N2C)cc1. The molecule has 1 heterocycles. The number of alkyl halides is 3. The summed E-state index contributed by atoms with van der Waals surface area (Å²) in [7, 11) is 5.95. The van der Waals surface area contributed by atoms with Gasteiger partial charge in [-0.25, -0.2) is 0 Å². The van der Waals surface area contributed by atoms with Gasteiger partial charge in [-0.3, -0.25) is 9.59 Å². The third kappa shape index (κ3) is 4.91. The van der Waals surface area contributed by atoms with E-state index in [-0.39, 0.29) is 17.2 Å². The predicted octanol–water partition coefficient (Wildman–Crippen LogP) is 5.28. The number of likely N-dealkylation sites (N-methyl/N-ethyl adjacent to an activating group) is 1. The minimum absolute atomic E-state index is 0.0186. The monoisotopic (exact) mass is 514 g/mol. The van der Waals surface area contributed by atoms with Gasteiger partial charge in [0.1, 0.15) is 5.75 Å². The summed E-state index contributed by atoms with van der Waals surface area (Å²) >= 11 is 0. The molecule has 2 amide bonds. The van der Waals surface area contributed by atoms with E-state index >= 15 is 0 Å². The third-order valence-electron chi connectivity index (χ3n) is 6.37. The number of hydrogen-bond donors (Lipinski definition) is 1. The van der Waals surface area contributed by atoms with E-state index < -0.39 is 29.6 Å². The molecule has 1 N–H and O–H groups in total. The molecule has 10 heteroatoms. The van der Waals surface area contributed by atoms with Gasteiger partial charge in [-0.2, -0.15) is 13.2 Å². The molecule has 0 aromatic heterocycles. The highest BCUT2D eigenvalue weighted by Gasteiger charge is 2.44. The molecule has 3 aromatic rings. The Labute approximate surface area is 211 Å². The predicted molar refractivity (Wildman–Crippen MR) is 130 cm³/mol. The summed E-state index contributed by atoms with van der Waals surface area (Å²) in [6.07, 6.45) is -4.57. The highest BCUT2D eigenvalue weighted by Crippen LogP contribution is 2.46. The van der Waals surface area contributed by atoms with Crippen molar-refractivity contribution in [2.45, 2.75) is 18.1 Å². The Morgan fingerprint density at radius 1 is 0.919 bits per heavy atom. The lowest BCUT2D eigenvalue weighted by Gasteiger charge is -2.40. The van der Waals surface area contributed by atoms with Crippen molar-refractivity contribution in [3.63, 3.8) is 0 Å². The fraction of sp³-hybridized carbons (Fsp3) is 0.259. The maximum absolute atomic E-state index is 13.8. The van der Waals surface area contributed by atoms with E-state index in [4.69, 9.17) is 14.2 Å². The molecule has 0 saturated carbocycles. The quantitative estimate of drug-likeness (QED) is 0.485. The number of carbonyl (C=O) groups excluding carboxylic acids is 2. The number of nitrogens with zero attached hydrogens (tertiary/aromatic N) is 1. The van der Waals surface area contributed by atoms with Gasteiger partial charge in [-0.05, 0) is 53.6 Å². The number of nitrogens with one attached hydrogen (secondary N) is 1. The minimum atomic E-state index is -4.57. The average molecular weight is 515 g/mol. The van der Waals surface area contributed by atoms with Crippen molar-refractivity contribution in [2.24, 2.45) is 0 Å². The number of methoxy groups -OCH3 is 3. The number of amides is 2. The maximum atomic E-state index is 13.8. The van der Waals surface area contributed by atoms with Crippen molar-refractivity contribution in [3.8, 4) is 17.2 Å². The minimum Gasteiger partial charge on any atom is -0.497 e. The molecule has 37 heavy (non-hydrogen) atoms. The van der Waals surface area contributed by atoms with Gasteiger partial charge in [0.15, 0.2) is 11.5 Å². The molecule has 1 aliphatic rings. The molecular weight excluding hydrogens is 489 g/mol. The normalized spacial score (nSPS) is 17.2. The lowest BCUT2D eigenvalue weighted by atomic mass is 9.79. The molecule has 1 aliphatic heterocycles. The summed E-state index contributed by atoms with van der Waals surface area (Å²) in [5.41, 5.74) is 0.330. The lowest BCUT2D eigenvalue weighted by molar-refractivity contribution is -0.137. The van der Waals surface area contributed by atoms with Crippen LogP contribution >= 0.6 is 0 Å². The number of carbonyl (C=O) groups is 2. The van der Waals surface area contributed by atoms with Crippen molar-refractivity contribution in [2.75, 3.05) is 33.7 Å². The Bertz CT molecular complexity index is 1320. The van der Waals surface area contributed by atoms with Crippen LogP contribution in [0.4, 0.5) is 18.9 Å². The maximum Gasteiger partial charge on any atom is 0.416 e. The van der Waals surface area contributed by atoms with E-state index in [2.05, 4.69) is 5.32 Å². The zero-order valence-corrected chi connectivity index (χ0v) is 20.6. The van der Waals surface area contributed by atoms with Crippen molar-refractivity contribution < 1.29 is 37.0 Å². The Morgan fingerprint density at radius 2 is 1.57 bits per heavy atom. The largest absolute Gasteiger partial charge is 0.497 e. The Kier molecular flexibility index (Phi) is 7.02. The fourth-order valence-corrected chi connectivity index (χ4v) is 4.54. The van der Waals surface area contributed by atoms with E-state index in [1.54, 1.807) is 37.4 Å². The van der Waals surface area contributed by atoms with Gasteiger partial charge in [0.2, 0.25) is 5.91 Å². The molecule has 4 rings (SSSR count). The van der Waals surface area contributed by atoms with Crippen LogP contribution in [0.25, 0.3) is 0 Å². The van der Waals surface area contributed by atoms with Crippen molar-refractivity contribution >= 4 is 17.5 Å². The van der Waals surface area contributed by atoms with Gasteiger partial charge in [-0.15, -0.1) is 0 Å². The molecule has 2 atom stereocenters. The van der Waals surface area contributed by atoms with E-state index in [0.29, 0.717) is 28.4 Å². The molecule has 7 nitrogen and oxygen atoms in total. The summed E-state index contributed by atoms with van der Waals surface area (Å²) < 4.78 is 55.8. The summed E-state index contributed by atoms with van der Waals surface area (Å²) in [4.78, 5) is 28.6. The summed E-state index contributed by atoms with van der Waals surface area (Å²) in [6.45, 7) is 0. The van der Waals surface area contributed by atoms with E-state index in [1.807, 2.05) is 0 Å². The molecule has 0 fully saturated rings. The second kappa shape index (κ2) is 10.0. The van der Waals surface area contributed by atoms with Gasteiger partial charge in [0, 0.05) is 18.3 Å². The van der Waals surface area contributed by atoms with Crippen LogP contribution in [0.3, 0.4) is 0 Å². The molecular formula is C27H25F3N2O5. The number of rotatable bonds is 6. The first kappa shape index (κ1) is 25.9. The second-order valence-corrected chi connectivity index (χ2v) is 8.47. The summed E-state index contributed by atoms with van der Waals surface area (Å²) in [6, 6.07) is 13.6. The van der Waals surface area contributed by atoms with Crippen LogP contribution in [0, 0.1) is 0 Å². The van der Waals surface area contributed by atoms with Crippen molar-refractivity contribution in [3.05, 3.63) is 82.9 Å². The van der Waals surface area contributed by atoms with Crippen LogP contribution in [0.1, 0.15) is 39.0 Å². The summed E-state index contributed by atoms with van der Waals surface area (Å²) in [5, 5.41) is 2.62. The number of hydrogen-bond acceptors (Lipinski definition) is 5. The average Bonchev–Trinajstić information content (AvgIpc) is 2.89. The van der Waals surface area contributed by atoms with Gasteiger partial charge < -0.3 is 24.4 Å². The molecule has 0 saturated heterocycles. The van der Waals surface area contributed by atoms with E-state index in [0.717, 1.165) is 12.1 Å². The van der Waals surface area contributed by atoms with Crippen molar-refractivity contribution in [1.82, 2.24) is 4.90 Å². The first-order valence-corrected chi connectivity index (χ1v) is 11.2. The zero-order valence-electron chi connectivity index (χ0n) is 20.6. The van der Waals surface area contributed by atoms with Crippen LogP contribution < -0.4 is 19.5 Å². The number of anilines is 1. The number of benzene rings is 3. The van der Waals surface area contributed by atoms with Crippen LogP contribution in [-0.2, 0) is 11.0 Å². The Morgan fingerprint density at radius 3 is 2.16 bits per heavy atom. The molecule has 3 aromatic carbocycles. The van der Waals surface area contributed by atoms with Crippen molar-refractivity contribution in [1.29, 1.82) is 0 Å². The Hall–Kier alpha value is -4.21. The topological polar surface area (TPSA) is 77.1 Å². The standard InChI is InChI=1S/C27H25F3N2O5/c1-32-24(15-8-10-18(35-2)11-9-15)23(19-13-21(36-3)22(37-4)14-20(19)26(32)34)25(33)31-17-7-5-6-16(12-17)27(28,29)30/h5-14,23-24H,1-4H3,(H,31,33)/t23-,24-/m0/s1. The van der Waals surface area contributed by atoms with E-state index in [1.165, 1.54) is 44.4 Å². The number of halogens is 3. The smallest absolute Gasteiger partial charge is 0.416 e. The van der Waals surface area contributed by atoms with Gasteiger partial charge in [0.05, 0.1) is 38.9 Å². The van der Waals surface area contributed by atoms with Crippen LogP contribution in [0.5, 0.6) is 17.2 Å². The first-order chi connectivity index (χ1) is 17.6. The highest BCUT2D eigenvalue weighted by molar-refractivity contribution is 6.05. The lowest BCUT2D eigenvalue weighted by Crippen LogP contribution is -2.44. The molecule has 194 valence electrons. The zero-order chi connectivity index (χ0) is 26.9. The van der Waals surface area contributed by atoms with Gasteiger partial charge in [0.25, 0.3) is 5.91 Å². The fourth-order valence-electron chi connectivity index (χ4n) is 4.54. The number of fused-ring (bicyclic) bond motifs is 1. The molecule has 0 aliphatic carbocycles. The molecule has 0 unspecified atom stereocenters. The van der Waals surface area contributed by atoms with Crippen LogP contribution in [0.15, 0.2) is 60.7 Å². The Balaban J connectivity index is 1.85.